The number of nitrogens with one attached hydrogen (secondary N) is 1. The number of piperazine rings is 2. The number of likely N-dealkylation sites (tertiary alicyclic amines) is 1. The van der Waals surface area contributed by atoms with Crippen LogP contribution in [0.2, 0.25) is 0 Å². The number of anilines is 4. The number of carbonyl (C=O) groups excluding carboxylic acids is 2. The fraction of sp³-hybridized carbons (Fsp3) is 0.525. The molecule has 19 nitrogen and oxygen atoms in total. The number of aromatic nitrogens is 5. The highest BCUT2D eigenvalue weighted by Gasteiger charge is 2.45. The van der Waals surface area contributed by atoms with Gasteiger partial charge in [-0.25, -0.2) is 9.97 Å². The minimum absolute atomic E-state index is 0.0888. The van der Waals surface area contributed by atoms with Crippen molar-refractivity contribution in [2.45, 2.75) is 115 Å². The summed E-state index contributed by atoms with van der Waals surface area (Å²) >= 11 is 1.60. The number of piperidine rings is 1. The number of nitrogens with zero attached hydrogens (tertiary/aromatic N) is 11. The van der Waals surface area contributed by atoms with Crippen molar-refractivity contribution in [1.29, 1.82) is 0 Å². The lowest BCUT2D eigenvalue weighted by Crippen LogP contribution is -2.54. The summed E-state index contributed by atoms with van der Waals surface area (Å²) in [5.41, 5.74) is 14.5. The maximum absolute atomic E-state index is 14.4. The first-order valence-electron chi connectivity index (χ1n) is 29.3. The van der Waals surface area contributed by atoms with Crippen molar-refractivity contribution < 1.29 is 29.1 Å². The summed E-state index contributed by atoms with van der Waals surface area (Å²) in [6, 6.07) is 22.9. The molecule has 2 amide bonds. The Morgan fingerprint density at radius 2 is 1.54 bits per heavy atom. The molecule has 2 bridgehead atoms. The highest BCUT2D eigenvalue weighted by Crippen LogP contribution is 2.41. The van der Waals surface area contributed by atoms with Crippen molar-refractivity contribution in [3.05, 3.63) is 102 Å². The van der Waals surface area contributed by atoms with Crippen LogP contribution in [-0.2, 0) is 9.59 Å². The first kappa shape index (κ1) is 54.7. The third kappa shape index (κ3) is 11.8. The summed E-state index contributed by atoms with van der Waals surface area (Å²) < 4.78 is 12.5. The molecule has 1 saturated carbocycles. The summed E-state index contributed by atoms with van der Waals surface area (Å²) in [7, 11) is 0. The molecule has 6 fully saturated rings. The fourth-order valence-electron chi connectivity index (χ4n) is 13.6. The van der Waals surface area contributed by atoms with Gasteiger partial charge in [0.2, 0.25) is 17.7 Å². The second-order valence-electron chi connectivity index (χ2n) is 24.0. The topological polar surface area (TPSA) is 219 Å². The van der Waals surface area contributed by atoms with Gasteiger partial charge in [-0.3, -0.25) is 9.59 Å². The Kier molecular flexibility index (Phi) is 15.9. The third-order valence-electron chi connectivity index (χ3n) is 18.1. The third-order valence-corrected chi connectivity index (χ3v) is 19.1. The average molecular weight is 1120 g/mol. The second-order valence-corrected chi connectivity index (χ2v) is 24.9. The quantitative estimate of drug-likeness (QED) is 0.0700. The van der Waals surface area contributed by atoms with E-state index in [1.807, 2.05) is 87.9 Å². The highest BCUT2D eigenvalue weighted by molar-refractivity contribution is 7.13. The van der Waals surface area contributed by atoms with Crippen molar-refractivity contribution in [1.82, 2.24) is 45.3 Å². The summed E-state index contributed by atoms with van der Waals surface area (Å²) in [6.07, 6.45) is 7.86. The number of phenols is 1. The normalized spacial score (nSPS) is 24.4. The zero-order valence-corrected chi connectivity index (χ0v) is 47.8. The Bertz CT molecular complexity index is 3140. The number of fused-ring (bicyclic) bond motifs is 2. The number of aliphatic hydroxyl groups excluding tert-OH is 1. The average Bonchev–Trinajstić information content (AvgIpc) is 4.28. The SMILES string of the molecule is Cc1ncsc1-c1ccc([C@H](C)NC(=O)[C@@H]2C[C@@H](O)CN2C(=O)[C@@H](c2cc(N3CCC(CN4CCN(CC5CC(Oc6cc(N7C8CCC7CN(c7cc(-c9ccccc9O)nnc7N)C8)ccn6)C5)CC4)CC3)no2)C(C)C)cc1. The number of pyridine rings is 1. The predicted octanol–water partition coefficient (Wildman–Crippen LogP) is 7.37. The van der Waals surface area contributed by atoms with Crippen LogP contribution >= 0.6 is 11.3 Å². The maximum atomic E-state index is 14.4. The van der Waals surface area contributed by atoms with Gasteiger partial charge in [-0.05, 0) is 106 Å². The number of carbonyl (C=O) groups is 2. The number of amides is 2. The van der Waals surface area contributed by atoms with Crippen LogP contribution in [0.15, 0.2) is 89.0 Å². The van der Waals surface area contributed by atoms with Crippen LogP contribution in [0.4, 0.5) is 23.0 Å². The number of β-amino-alcohol motifs (C(OH)–C–C–N with tert-alkyl or cyclic N) is 1. The standard InChI is InChI=1S/C61H77N13O6S/c1-37(2)57(61(78)73-35-47(75)28-52(73)60(77)65-38(3)42-9-11-43(12-10-42)58-39(4)64-36-81-58)54-30-55(68-80-54)71-19-16-40(17-20-71)31-69-21-23-70(24-22-69)32-41-25-48(26-41)79-56-27-44(15-18-63-56)74-45-13-14-46(74)34-72(33-45)51-29-50(66-67-59(51)62)49-7-5-6-8-53(49)76/h5-12,15,18,27,29-30,36-38,40-41,45-48,52,57,75-76H,13-14,16-17,19-26,28,31-35H2,1-4H3,(H2,62,67)(H,65,77)/t38-,41?,45?,46?,47+,48?,52-,57+/m0/s1. The summed E-state index contributed by atoms with van der Waals surface area (Å²) in [4.78, 5) is 52.4. The molecule has 4 aromatic heterocycles. The number of benzene rings is 2. The van der Waals surface area contributed by atoms with Crippen LogP contribution in [-0.4, -0.2) is 164 Å². The van der Waals surface area contributed by atoms with Gasteiger partial charge in [-0.1, -0.05) is 55.4 Å². The fourth-order valence-corrected chi connectivity index (χ4v) is 14.4. The molecule has 0 radical (unpaired) electrons. The number of thiazole rings is 1. The van der Waals surface area contributed by atoms with Crippen molar-refractivity contribution in [3.8, 4) is 33.3 Å². The number of rotatable bonds is 17. The van der Waals surface area contributed by atoms with Crippen molar-refractivity contribution in [3.63, 3.8) is 0 Å². The van der Waals surface area contributed by atoms with Crippen LogP contribution in [0, 0.1) is 24.7 Å². The van der Waals surface area contributed by atoms with Gasteiger partial charge < -0.3 is 59.9 Å². The van der Waals surface area contributed by atoms with Crippen LogP contribution in [0.25, 0.3) is 21.7 Å². The van der Waals surface area contributed by atoms with Gasteiger partial charge in [0, 0.05) is 120 Å². The van der Waals surface area contributed by atoms with E-state index in [0.717, 1.165) is 143 Å². The molecular weight excluding hydrogens is 1040 g/mol. The number of ether oxygens (including phenoxy) is 1. The monoisotopic (exact) mass is 1120 g/mol. The van der Waals surface area contributed by atoms with Gasteiger partial charge in [0.25, 0.3) is 0 Å². The molecule has 6 aliphatic rings. The van der Waals surface area contributed by atoms with Gasteiger partial charge >= 0.3 is 0 Å². The van der Waals surface area contributed by atoms with E-state index >= 15 is 0 Å². The molecule has 5 aliphatic heterocycles. The Labute approximate surface area is 478 Å². The molecule has 428 valence electrons. The number of para-hydroxylation sites is 1. The summed E-state index contributed by atoms with van der Waals surface area (Å²) in [5, 5.41) is 37.5. The predicted molar refractivity (Wildman–Crippen MR) is 313 cm³/mol. The lowest BCUT2D eigenvalue weighted by molar-refractivity contribution is -0.141. The van der Waals surface area contributed by atoms with Gasteiger partial charge in [0.05, 0.1) is 39.6 Å². The van der Waals surface area contributed by atoms with E-state index in [2.05, 4.69) is 67.3 Å². The van der Waals surface area contributed by atoms with Crippen LogP contribution in [0.1, 0.15) is 94.7 Å². The molecule has 12 rings (SSSR count). The van der Waals surface area contributed by atoms with E-state index < -0.39 is 18.1 Å². The number of aryl methyl sites for hydroxylation is 1. The molecule has 0 spiro atoms. The zero-order valence-electron chi connectivity index (χ0n) is 47.0. The molecule has 6 atom stereocenters. The maximum Gasteiger partial charge on any atom is 0.243 e. The van der Waals surface area contributed by atoms with Gasteiger partial charge in [-0.2, -0.15) is 0 Å². The minimum Gasteiger partial charge on any atom is -0.507 e. The van der Waals surface area contributed by atoms with E-state index in [9.17, 15) is 19.8 Å². The Balaban J connectivity index is 0.564. The smallest absolute Gasteiger partial charge is 0.243 e. The minimum atomic E-state index is -0.799. The van der Waals surface area contributed by atoms with E-state index in [1.165, 1.54) is 0 Å². The molecule has 2 aromatic carbocycles. The van der Waals surface area contributed by atoms with Gasteiger partial charge in [-0.15, -0.1) is 21.5 Å². The van der Waals surface area contributed by atoms with Crippen LogP contribution in [0.3, 0.4) is 0 Å². The van der Waals surface area contributed by atoms with E-state index in [-0.39, 0.29) is 48.6 Å². The Hall–Kier alpha value is -6.87. The second kappa shape index (κ2) is 23.5. The Morgan fingerprint density at radius 1 is 0.827 bits per heavy atom. The Morgan fingerprint density at radius 3 is 2.23 bits per heavy atom. The molecular formula is C61H77N13O6S. The number of phenolic OH excluding ortho intramolecular Hbond substituents is 1. The molecule has 6 aromatic rings. The number of aliphatic hydroxyl groups is 1. The van der Waals surface area contributed by atoms with E-state index in [1.54, 1.807) is 28.4 Å². The molecule has 9 heterocycles. The molecule has 81 heavy (non-hydrogen) atoms. The molecule has 20 heteroatoms. The van der Waals surface area contributed by atoms with Crippen LogP contribution in [0.5, 0.6) is 11.6 Å². The molecule has 5 N–H and O–H groups in total. The number of nitrogens with two attached hydrogens (primary N) is 1. The molecule has 5 saturated heterocycles. The first-order valence-corrected chi connectivity index (χ1v) is 30.2. The molecule has 2 unspecified atom stereocenters. The van der Waals surface area contributed by atoms with Crippen LogP contribution < -0.4 is 30.5 Å². The summed E-state index contributed by atoms with van der Waals surface area (Å²) in [5.74, 6) is 2.46. The molecule has 1 aliphatic carbocycles. The first-order chi connectivity index (χ1) is 39.3. The number of aromatic hydroxyl groups is 1. The van der Waals surface area contributed by atoms with E-state index in [4.69, 9.17) is 15.0 Å². The summed E-state index contributed by atoms with van der Waals surface area (Å²) in [6.45, 7) is 17.9. The van der Waals surface area contributed by atoms with Gasteiger partial charge in [0.1, 0.15) is 23.8 Å². The van der Waals surface area contributed by atoms with Gasteiger partial charge in [0.15, 0.2) is 17.4 Å². The van der Waals surface area contributed by atoms with Crippen molar-refractivity contribution in [2.24, 2.45) is 17.8 Å². The number of hydrogen-bond donors (Lipinski definition) is 4. The van der Waals surface area contributed by atoms with E-state index in [0.29, 0.717) is 52.6 Å². The number of hydrogen-bond acceptors (Lipinski definition) is 18. The number of nitrogen functional groups attached to an aromatic ring is 1. The van der Waals surface area contributed by atoms with Crippen molar-refractivity contribution in [2.75, 3.05) is 92.4 Å². The lowest BCUT2D eigenvalue weighted by atomic mass is 9.81. The largest absolute Gasteiger partial charge is 0.507 e. The zero-order chi connectivity index (χ0) is 55.9. The lowest BCUT2D eigenvalue weighted by Gasteiger charge is -2.44. The van der Waals surface area contributed by atoms with Crippen molar-refractivity contribution >= 4 is 46.2 Å². The highest BCUT2D eigenvalue weighted by atomic mass is 32.1.